The Morgan fingerprint density at radius 2 is 2.25 bits per heavy atom. The highest BCUT2D eigenvalue weighted by atomic mass is 79.9. The van der Waals surface area contributed by atoms with Gasteiger partial charge in [0.1, 0.15) is 0 Å². The van der Waals surface area contributed by atoms with Crippen LogP contribution in [0.25, 0.3) is 0 Å². The minimum absolute atomic E-state index is 0.552. The average molecular weight is 243 g/mol. The SMILES string of the molecule is O=CC#Cc1ccc(Br)c(Cl)c1. The van der Waals surface area contributed by atoms with Crippen molar-refractivity contribution in [1.82, 2.24) is 0 Å². The van der Waals surface area contributed by atoms with Crippen LogP contribution in [0.3, 0.4) is 0 Å². The summed E-state index contributed by atoms with van der Waals surface area (Å²) in [6.07, 6.45) is 0.552. The first-order chi connectivity index (χ1) is 5.74. The molecule has 12 heavy (non-hydrogen) atoms. The molecular formula is C9H4BrClO. The lowest BCUT2D eigenvalue weighted by atomic mass is 10.2. The number of halogens is 2. The van der Waals surface area contributed by atoms with Crippen LogP contribution in [-0.2, 0) is 4.79 Å². The first-order valence-corrected chi connectivity index (χ1v) is 4.31. The quantitative estimate of drug-likeness (QED) is 0.506. The summed E-state index contributed by atoms with van der Waals surface area (Å²) in [7, 11) is 0. The molecule has 0 radical (unpaired) electrons. The molecule has 0 aliphatic heterocycles. The van der Waals surface area contributed by atoms with Gasteiger partial charge in [-0.05, 0) is 40.0 Å². The van der Waals surface area contributed by atoms with Gasteiger partial charge >= 0.3 is 0 Å². The summed E-state index contributed by atoms with van der Waals surface area (Å²) >= 11 is 9.04. The molecule has 0 aliphatic carbocycles. The molecule has 0 aliphatic rings. The molecular weight excluding hydrogens is 239 g/mol. The van der Waals surface area contributed by atoms with Crippen molar-refractivity contribution < 1.29 is 4.79 Å². The van der Waals surface area contributed by atoms with E-state index in [4.69, 9.17) is 11.6 Å². The zero-order valence-corrected chi connectivity index (χ0v) is 8.32. The van der Waals surface area contributed by atoms with E-state index in [2.05, 4.69) is 27.8 Å². The van der Waals surface area contributed by atoms with Crippen molar-refractivity contribution in [2.24, 2.45) is 0 Å². The van der Waals surface area contributed by atoms with Crippen molar-refractivity contribution in [2.45, 2.75) is 0 Å². The summed E-state index contributed by atoms with van der Waals surface area (Å²) < 4.78 is 0.820. The van der Waals surface area contributed by atoms with Crippen molar-refractivity contribution >= 4 is 33.8 Å². The van der Waals surface area contributed by atoms with Gasteiger partial charge in [-0.3, -0.25) is 4.79 Å². The van der Waals surface area contributed by atoms with E-state index < -0.39 is 0 Å². The number of rotatable bonds is 0. The molecule has 1 nitrogen and oxygen atoms in total. The van der Waals surface area contributed by atoms with Gasteiger partial charge in [0.15, 0.2) is 6.29 Å². The molecule has 60 valence electrons. The summed E-state index contributed by atoms with van der Waals surface area (Å²) in [5, 5.41) is 0.590. The number of hydrogen-bond acceptors (Lipinski definition) is 1. The second kappa shape index (κ2) is 4.30. The molecule has 0 aromatic heterocycles. The smallest absolute Gasteiger partial charge is 0.193 e. The third-order valence-corrected chi connectivity index (χ3v) is 2.43. The van der Waals surface area contributed by atoms with Crippen LogP contribution in [0.4, 0.5) is 0 Å². The lowest BCUT2D eigenvalue weighted by Gasteiger charge is -1.94. The van der Waals surface area contributed by atoms with Crippen LogP contribution in [-0.4, -0.2) is 6.29 Å². The fourth-order valence-corrected chi connectivity index (χ4v) is 1.11. The Kier molecular flexibility index (Phi) is 3.33. The number of aldehydes is 1. The summed E-state index contributed by atoms with van der Waals surface area (Å²) in [4.78, 5) is 9.91. The van der Waals surface area contributed by atoms with Gasteiger partial charge in [0.2, 0.25) is 0 Å². The zero-order chi connectivity index (χ0) is 8.97. The van der Waals surface area contributed by atoms with Crippen molar-refractivity contribution in [3.63, 3.8) is 0 Å². The number of benzene rings is 1. The zero-order valence-electron chi connectivity index (χ0n) is 5.97. The molecule has 0 heterocycles. The Balaban J connectivity index is 3.04. The molecule has 0 N–H and O–H groups in total. The van der Waals surface area contributed by atoms with Gasteiger partial charge in [0, 0.05) is 10.0 Å². The van der Waals surface area contributed by atoms with E-state index in [9.17, 15) is 4.79 Å². The molecule has 3 heteroatoms. The second-order valence-corrected chi connectivity index (χ2v) is 3.28. The highest BCUT2D eigenvalue weighted by Gasteiger charge is 1.95. The minimum Gasteiger partial charge on any atom is -0.289 e. The first kappa shape index (κ1) is 9.31. The van der Waals surface area contributed by atoms with Crippen LogP contribution in [0.2, 0.25) is 5.02 Å². The van der Waals surface area contributed by atoms with Crippen molar-refractivity contribution in [3.8, 4) is 11.8 Å². The summed E-state index contributed by atoms with van der Waals surface area (Å²) in [5.74, 6) is 4.95. The van der Waals surface area contributed by atoms with Gasteiger partial charge in [0.05, 0.1) is 5.02 Å². The van der Waals surface area contributed by atoms with Crippen LogP contribution in [0, 0.1) is 11.8 Å². The van der Waals surface area contributed by atoms with Gasteiger partial charge < -0.3 is 0 Å². The highest BCUT2D eigenvalue weighted by Crippen LogP contribution is 2.22. The van der Waals surface area contributed by atoms with E-state index in [0.717, 1.165) is 10.0 Å². The topological polar surface area (TPSA) is 17.1 Å². The molecule has 0 saturated heterocycles. The Hall–Kier alpha value is -0.780. The van der Waals surface area contributed by atoms with Crippen molar-refractivity contribution in [1.29, 1.82) is 0 Å². The van der Waals surface area contributed by atoms with E-state index in [1.165, 1.54) is 0 Å². The van der Waals surface area contributed by atoms with Crippen LogP contribution in [0.15, 0.2) is 22.7 Å². The fourth-order valence-electron chi connectivity index (χ4n) is 0.687. The van der Waals surface area contributed by atoms with E-state index in [0.29, 0.717) is 11.3 Å². The summed E-state index contributed by atoms with van der Waals surface area (Å²) in [5.41, 5.74) is 0.732. The van der Waals surface area contributed by atoms with Crippen LogP contribution >= 0.6 is 27.5 Å². The van der Waals surface area contributed by atoms with Gasteiger partial charge in [-0.2, -0.15) is 0 Å². The molecule has 0 bridgehead atoms. The Morgan fingerprint density at radius 1 is 1.50 bits per heavy atom. The second-order valence-electron chi connectivity index (χ2n) is 2.02. The van der Waals surface area contributed by atoms with Crippen LogP contribution in [0.1, 0.15) is 5.56 Å². The maximum absolute atomic E-state index is 9.91. The maximum atomic E-state index is 9.91. The predicted molar refractivity (Wildman–Crippen MR) is 52.1 cm³/mol. The molecule has 1 aromatic carbocycles. The Bertz CT molecular complexity index is 363. The van der Waals surface area contributed by atoms with E-state index in [1.807, 2.05) is 0 Å². The van der Waals surface area contributed by atoms with Crippen molar-refractivity contribution in [3.05, 3.63) is 33.3 Å². The number of carbonyl (C=O) groups excluding carboxylic acids is 1. The molecule has 0 spiro atoms. The van der Waals surface area contributed by atoms with Gasteiger partial charge in [-0.25, -0.2) is 0 Å². The van der Waals surface area contributed by atoms with Crippen LogP contribution in [0.5, 0.6) is 0 Å². The van der Waals surface area contributed by atoms with Gasteiger partial charge in [-0.1, -0.05) is 17.5 Å². The molecule has 0 atom stereocenters. The minimum atomic E-state index is 0.552. The van der Waals surface area contributed by atoms with Crippen molar-refractivity contribution in [2.75, 3.05) is 0 Å². The van der Waals surface area contributed by atoms with E-state index in [-0.39, 0.29) is 0 Å². The normalized spacial score (nSPS) is 8.50. The lowest BCUT2D eigenvalue weighted by Crippen LogP contribution is -1.75. The molecule has 1 rings (SSSR count). The predicted octanol–water partition coefficient (Wildman–Crippen LogP) is 2.65. The molecule has 0 amide bonds. The molecule has 0 unspecified atom stereocenters. The Labute approximate surface area is 83.9 Å². The van der Waals surface area contributed by atoms with E-state index >= 15 is 0 Å². The monoisotopic (exact) mass is 242 g/mol. The van der Waals surface area contributed by atoms with E-state index in [1.54, 1.807) is 18.2 Å². The molecule has 1 aromatic rings. The molecule has 0 fully saturated rings. The van der Waals surface area contributed by atoms with Gasteiger partial charge in [0.25, 0.3) is 0 Å². The highest BCUT2D eigenvalue weighted by molar-refractivity contribution is 9.10. The third kappa shape index (κ3) is 2.37. The number of hydrogen-bond donors (Lipinski definition) is 0. The average Bonchev–Trinajstić information content (AvgIpc) is 2.07. The Morgan fingerprint density at radius 3 is 2.83 bits per heavy atom. The van der Waals surface area contributed by atoms with Gasteiger partial charge in [-0.15, -0.1) is 0 Å². The third-order valence-electron chi connectivity index (χ3n) is 1.20. The lowest BCUT2D eigenvalue weighted by molar-refractivity contribution is -0.103. The molecule has 0 saturated carbocycles. The first-order valence-electron chi connectivity index (χ1n) is 3.14. The maximum Gasteiger partial charge on any atom is 0.193 e. The number of carbonyl (C=O) groups is 1. The van der Waals surface area contributed by atoms with Crippen LogP contribution < -0.4 is 0 Å². The standard InChI is InChI=1S/C9H4BrClO/c10-8-4-3-7(2-1-5-12)6-9(8)11/h3-6H. The largest absolute Gasteiger partial charge is 0.289 e. The fraction of sp³-hybridized carbons (Fsp3) is 0. The summed E-state index contributed by atoms with van der Waals surface area (Å²) in [6.45, 7) is 0. The summed E-state index contributed by atoms with van der Waals surface area (Å²) in [6, 6.07) is 5.27.